The van der Waals surface area contributed by atoms with Gasteiger partial charge in [-0.1, -0.05) is 23.4 Å². The summed E-state index contributed by atoms with van der Waals surface area (Å²) in [6.07, 6.45) is 4.59. The fourth-order valence-electron chi connectivity index (χ4n) is 4.31. The van der Waals surface area contributed by atoms with Crippen LogP contribution in [0, 0.1) is 0 Å². The molecule has 0 aromatic carbocycles. The molecule has 2 N–H and O–H groups in total. The first-order valence-electron chi connectivity index (χ1n) is 11.0. The van der Waals surface area contributed by atoms with Crippen molar-refractivity contribution < 1.29 is 14.6 Å². The van der Waals surface area contributed by atoms with Crippen LogP contribution in [-0.2, 0) is 13.0 Å². The summed E-state index contributed by atoms with van der Waals surface area (Å²) in [5.74, 6) is 2.04. The number of aromatic nitrogens is 3. The average molecular weight is 488 g/mol. The van der Waals surface area contributed by atoms with Crippen LogP contribution in [0.5, 0.6) is 11.6 Å². The highest BCUT2D eigenvalue weighted by Crippen LogP contribution is 2.35. The highest BCUT2D eigenvalue weighted by Gasteiger charge is 2.27. The Morgan fingerprint density at radius 1 is 1.33 bits per heavy atom. The van der Waals surface area contributed by atoms with Gasteiger partial charge in [-0.2, -0.15) is 0 Å². The fraction of sp³-hybridized carbons (Fsp3) is 0.435. The molecule has 2 aliphatic rings. The number of fused-ring (bicyclic) bond motifs is 2. The number of β-amino-alcohol motifs (C(OH)–C–C–N with tert-alkyl or cyclic N) is 1. The van der Waals surface area contributed by atoms with Gasteiger partial charge in [0.15, 0.2) is 5.75 Å². The second kappa shape index (κ2) is 9.99. The quantitative estimate of drug-likeness (QED) is 0.521. The summed E-state index contributed by atoms with van der Waals surface area (Å²) in [6, 6.07) is 5.79. The average Bonchev–Trinajstić information content (AvgIpc) is 3.30. The Kier molecular flexibility index (Phi) is 6.84. The van der Waals surface area contributed by atoms with Crippen molar-refractivity contribution in [3.8, 4) is 11.6 Å². The number of nitrogens with one attached hydrogen (secondary N) is 1. The van der Waals surface area contributed by atoms with Crippen LogP contribution in [0.1, 0.15) is 17.7 Å². The molecule has 8 nitrogen and oxygen atoms in total. The summed E-state index contributed by atoms with van der Waals surface area (Å²) in [6.45, 7) is 2.91. The topological polar surface area (TPSA) is 92.6 Å². The van der Waals surface area contributed by atoms with Crippen LogP contribution < -0.4 is 14.8 Å². The zero-order chi connectivity index (χ0) is 22.8. The Labute approximate surface area is 201 Å². The van der Waals surface area contributed by atoms with E-state index in [1.54, 1.807) is 37.3 Å². The molecule has 0 saturated carbocycles. The zero-order valence-corrected chi connectivity index (χ0v) is 19.9. The first-order chi connectivity index (χ1) is 16.1. The number of likely N-dealkylation sites (tertiary alicyclic amines) is 1. The van der Waals surface area contributed by atoms with Crippen molar-refractivity contribution in [1.29, 1.82) is 0 Å². The van der Waals surface area contributed by atoms with Crippen molar-refractivity contribution in [2.24, 2.45) is 0 Å². The number of ether oxygens (including phenoxy) is 2. The number of aliphatic hydroxyl groups is 1. The molecule has 10 heteroatoms. The number of pyridine rings is 3. The minimum atomic E-state index is -0.450. The smallest absolute Gasteiger partial charge is 0.213 e. The summed E-state index contributed by atoms with van der Waals surface area (Å²) in [5, 5.41) is 14.8. The lowest BCUT2D eigenvalue weighted by molar-refractivity contribution is 0.0403. The van der Waals surface area contributed by atoms with Crippen LogP contribution in [0.2, 0.25) is 5.02 Å². The molecule has 1 saturated heterocycles. The van der Waals surface area contributed by atoms with E-state index in [-0.39, 0.29) is 6.04 Å². The summed E-state index contributed by atoms with van der Waals surface area (Å²) in [5.41, 5.74) is 3.48. The van der Waals surface area contributed by atoms with Gasteiger partial charge < -0.3 is 24.8 Å². The summed E-state index contributed by atoms with van der Waals surface area (Å²) >= 11 is 8.15. The van der Waals surface area contributed by atoms with E-state index in [0.717, 1.165) is 58.9 Å². The molecule has 174 valence electrons. The number of hydrogen-bond acceptors (Lipinski definition) is 9. The molecule has 5 rings (SSSR count). The number of aliphatic hydroxyl groups excluding tert-OH is 1. The highest BCUT2D eigenvalue weighted by atomic mass is 35.5. The van der Waals surface area contributed by atoms with E-state index in [0.29, 0.717) is 29.9 Å². The Morgan fingerprint density at radius 2 is 2.24 bits per heavy atom. The van der Waals surface area contributed by atoms with Crippen molar-refractivity contribution in [1.82, 2.24) is 25.2 Å². The standard InChI is InChI=1S/C23H26ClN5O3S/c1-31-22-3-2-18-23(28-22)15(16(24)10-27-18)4-6-29-7-5-17(19(30)12-29)26-9-14-8-21-20(11-25-14)32-13-33-21/h2-3,8,10-11,17,19,26,30H,4-7,9,12-13H2,1H3/t17-,19-/m1/s1. The molecule has 1 fully saturated rings. The number of nitrogens with zero attached hydrogens (tertiary/aromatic N) is 4. The molecule has 5 heterocycles. The maximum absolute atomic E-state index is 10.8. The Hall–Kier alpha value is -2.17. The molecular weight excluding hydrogens is 462 g/mol. The molecule has 0 amide bonds. The fourth-order valence-corrected chi connectivity index (χ4v) is 5.33. The van der Waals surface area contributed by atoms with E-state index in [9.17, 15) is 5.11 Å². The second-order valence-electron chi connectivity index (χ2n) is 8.23. The maximum atomic E-state index is 10.8. The van der Waals surface area contributed by atoms with Crippen molar-refractivity contribution in [3.63, 3.8) is 0 Å². The Morgan fingerprint density at radius 3 is 3.09 bits per heavy atom. The third-order valence-corrected chi connectivity index (χ3v) is 7.35. The summed E-state index contributed by atoms with van der Waals surface area (Å²) < 4.78 is 10.8. The first kappa shape index (κ1) is 22.6. The number of hydrogen-bond donors (Lipinski definition) is 2. The maximum Gasteiger partial charge on any atom is 0.213 e. The highest BCUT2D eigenvalue weighted by molar-refractivity contribution is 7.99. The number of rotatable bonds is 7. The lowest BCUT2D eigenvalue weighted by atomic mass is 10.0. The van der Waals surface area contributed by atoms with Crippen LogP contribution in [0.25, 0.3) is 11.0 Å². The lowest BCUT2D eigenvalue weighted by Crippen LogP contribution is -2.52. The predicted molar refractivity (Wildman–Crippen MR) is 128 cm³/mol. The van der Waals surface area contributed by atoms with Crippen molar-refractivity contribution in [2.75, 3.05) is 32.7 Å². The first-order valence-corrected chi connectivity index (χ1v) is 12.3. The molecule has 2 atom stereocenters. The molecule has 0 aliphatic carbocycles. The molecular formula is C23H26ClN5O3S. The minimum Gasteiger partial charge on any atom is -0.481 e. The van der Waals surface area contributed by atoms with E-state index in [4.69, 9.17) is 21.1 Å². The van der Waals surface area contributed by atoms with Crippen LogP contribution in [0.3, 0.4) is 0 Å². The SMILES string of the molecule is COc1ccc2ncc(Cl)c(CCN3CC[C@@H](NCc4cc5c(cn4)OCS5)[C@H](O)C3)c2n1. The molecule has 3 aromatic rings. The largest absolute Gasteiger partial charge is 0.481 e. The second-order valence-corrected chi connectivity index (χ2v) is 9.60. The number of halogens is 1. The Bertz CT molecular complexity index is 1150. The molecule has 33 heavy (non-hydrogen) atoms. The van der Waals surface area contributed by atoms with Crippen LogP contribution in [0.4, 0.5) is 0 Å². The molecule has 2 aliphatic heterocycles. The normalized spacial score (nSPS) is 20.6. The van der Waals surface area contributed by atoms with Gasteiger partial charge in [-0.25, -0.2) is 4.98 Å². The molecule has 0 bridgehead atoms. The van der Waals surface area contributed by atoms with Gasteiger partial charge in [-0.05, 0) is 31.5 Å². The molecule has 0 spiro atoms. The molecule has 3 aromatic heterocycles. The van der Waals surface area contributed by atoms with Crippen LogP contribution in [-0.4, -0.2) is 69.8 Å². The van der Waals surface area contributed by atoms with Gasteiger partial charge in [0.2, 0.25) is 5.88 Å². The van der Waals surface area contributed by atoms with Gasteiger partial charge in [-0.3, -0.25) is 9.97 Å². The van der Waals surface area contributed by atoms with Gasteiger partial charge in [0.05, 0.1) is 46.1 Å². The van der Waals surface area contributed by atoms with Crippen LogP contribution >= 0.6 is 23.4 Å². The van der Waals surface area contributed by atoms with Gasteiger partial charge in [0.25, 0.3) is 0 Å². The van der Waals surface area contributed by atoms with E-state index < -0.39 is 6.10 Å². The Balaban J connectivity index is 1.17. The van der Waals surface area contributed by atoms with E-state index in [1.807, 2.05) is 6.07 Å². The third kappa shape index (κ3) is 5.02. The predicted octanol–water partition coefficient (Wildman–Crippen LogP) is 2.90. The minimum absolute atomic E-state index is 0.0384. The van der Waals surface area contributed by atoms with Gasteiger partial charge >= 0.3 is 0 Å². The van der Waals surface area contributed by atoms with Crippen LogP contribution in [0.15, 0.2) is 35.5 Å². The lowest BCUT2D eigenvalue weighted by Gasteiger charge is -2.36. The number of thioether (sulfide) groups is 1. The summed E-state index contributed by atoms with van der Waals surface area (Å²) in [7, 11) is 1.60. The van der Waals surface area contributed by atoms with E-state index >= 15 is 0 Å². The van der Waals surface area contributed by atoms with E-state index in [1.165, 1.54) is 0 Å². The molecule has 0 radical (unpaired) electrons. The summed E-state index contributed by atoms with van der Waals surface area (Å²) in [4.78, 5) is 16.8. The van der Waals surface area contributed by atoms with Gasteiger partial charge in [0, 0.05) is 43.5 Å². The number of methoxy groups -OCH3 is 1. The zero-order valence-electron chi connectivity index (χ0n) is 18.3. The van der Waals surface area contributed by atoms with E-state index in [2.05, 4.69) is 31.2 Å². The number of piperidine rings is 1. The van der Waals surface area contributed by atoms with Crippen molar-refractivity contribution in [2.45, 2.75) is 36.4 Å². The monoisotopic (exact) mass is 487 g/mol. The third-order valence-electron chi connectivity index (χ3n) is 6.16. The van der Waals surface area contributed by atoms with Gasteiger partial charge in [-0.15, -0.1) is 0 Å². The van der Waals surface area contributed by atoms with Gasteiger partial charge in [0.1, 0.15) is 5.94 Å². The van der Waals surface area contributed by atoms with Crippen molar-refractivity contribution >= 4 is 34.4 Å². The van der Waals surface area contributed by atoms with Crippen molar-refractivity contribution in [3.05, 3.63) is 46.9 Å². The molecule has 0 unspecified atom stereocenters.